The summed E-state index contributed by atoms with van der Waals surface area (Å²) in [4.78, 5) is 55.1. The van der Waals surface area contributed by atoms with Crippen LogP contribution in [0.1, 0.15) is 73.8 Å². The van der Waals surface area contributed by atoms with E-state index in [0.29, 0.717) is 28.8 Å². The van der Waals surface area contributed by atoms with Crippen molar-refractivity contribution in [3.05, 3.63) is 61.2 Å². The van der Waals surface area contributed by atoms with Crippen LogP contribution in [0.5, 0.6) is 0 Å². The van der Waals surface area contributed by atoms with Crippen molar-refractivity contribution in [3.63, 3.8) is 0 Å². The van der Waals surface area contributed by atoms with E-state index >= 15 is 0 Å². The minimum atomic E-state index is -0.965. The number of rotatable bonds is 12. The lowest BCUT2D eigenvalue weighted by molar-refractivity contribution is -0.137. The Balaban J connectivity index is 1.85. The second-order valence-electron chi connectivity index (χ2n) is 12.0. The van der Waals surface area contributed by atoms with Crippen LogP contribution in [0, 0.1) is 25.7 Å². The van der Waals surface area contributed by atoms with Gasteiger partial charge in [0.1, 0.15) is 0 Å². The van der Waals surface area contributed by atoms with Gasteiger partial charge in [0, 0.05) is 63.6 Å². The van der Waals surface area contributed by atoms with Gasteiger partial charge in [-0.1, -0.05) is 13.0 Å². The van der Waals surface area contributed by atoms with E-state index in [0.717, 1.165) is 51.0 Å². The highest BCUT2D eigenvalue weighted by atomic mass is 32.1. The van der Waals surface area contributed by atoms with Gasteiger partial charge in [0.15, 0.2) is 0 Å². The summed E-state index contributed by atoms with van der Waals surface area (Å²) in [5, 5.41) is 26.2. The predicted octanol–water partition coefficient (Wildman–Crippen LogP) is 2.78. The van der Waals surface area contributed by atoms with Crippen molar-refractivity contribution < 1.29 is 29.4 Å². The minimum Gasteiger partial charge on any atom is -0.481 e. The number of thiol groups is 2. The molecule has 0 aromatic carbocycles. The van der Waals surface area contributed by atoms with Crippen LogP contribution in [-0.4, -0.2) is 61.0 Å². The molecule has 4 rings (SSSR count). The number of carbonyl (C=O) groups excluding carboxylic acids is 2. The molecule has 1 saturated heterocycles. The second-order valence-corrected chi connectivity index (χ2v) is 13.2. The maximum atomic E-state index is 12.6. The first-order valence-corrected chi connectivity index (χ1v) is 16.3. The molecule has 242 valence electrons. The van der Waals surface area contributed by atoms with E-state index in [-0.39, 0.29) is 54.2 Å². The molecule has 2 aliphatic heterocycles. The third-order valence-electron chi connectivity index (χ3n) is 8.99. The second kappa shape index (κ2) is 14.2. The largest absolute Gasteiger partial charge is 0.481 e. The zero-order valence-electron chi connectivity index (χ0n) is 26.2. The fraction of sp³-hybridized carbons (Fsp3) is 0.455. The molecule has 45 heavy (non-hydrogen) atoms. The Hall–Kier alpha value is -3.64. The molecule has 6 N–H and O–H groups in total. The lowest BCUT2D eigenvalue weighted by atomic mass is 9.91. The summed E-state index contributed by atoms with van der Waals surface area (Å²) in [5.41, 5.74) is 7.25. The quantitative estimate of drug-likeness (QED) is 0.164. The Labute approximate surface area is 273 Å². The van der Waals surface area contributed by atoms with Gasteiger partial charge in [-0.05, 0) is 85.9 Å². The SMILES string of the molecule is CC1=C([C@H](C)S)C(=O)N[C@@H]1Cc1[nH]c(=C/c2[nH]c(/C=C3\NC(=O)[C@H](C)[C@H]3CCS)c(C)c2CCC(=O)O)/c(=C/CC(=O)O)c1C. The molecule has 2 aromatic rings. The molecule has 0 radical (unpaired) electrons. The molecule has 10 nitrogen and oxygen atoms in total. The first kappa shape index (κ1) is 34.2. The third kappa shape index (κ3) is 7.44. The number of hydrogen-bond donors (Lipinski definition) is 8. The van der Waals surface area contributed by atoms with Crippen LogP contribution in [0.25, 0.3) is 18.2 Å². The Kier molecular flexibility index (Phi) is 10.8. The number of carbonyl (C=O) groups is 4. The fourth-order valence-electron chi connectivity index (χ4n) is 6.39. The van der Waals surface area contributed by atoms with Crippen LogP contribution in [0.4, 0.5) is 0 Å². The Bertz CT molecular complexity index is 1710. The Morgan fingerprint density at radius 1 is 1.02 bits per heavy atom. The number of carboxylic acids is 2. The number of carboxylic acid groups (broad SMARTS) is 2. The normalized spacial score (nSPS) is 22.5. The van der Waals surface area contributed by atoms with Crippen molar-refractivity contribution in [1.29, 1.82) is 0 Å². The van der Waals surface area contributed by atoms with Crippen LogP contribution >= 0.6 is 25.3 Å². The zero-order valence-corrected chi connectivity index (χ0v) is 28.0. The van der Waals surface area contributed by atoms with Gasteiger partial charge in [-0.15, -0.1) is 0 Å². The fourth-order valence-corrected chi connectivity index (χ4v) is 6.99. The first-order chi connectivity index (χ1) is 21.2. The van der Waals surface area contributed by atoms with Crippen molar-refractivity contribution in [3.8, 4) is 0 Å². The van der Waals surface area contributed by atoms with E-state index in [1.165, 1.54) is 0 Å². The maximum Gasteiger partial charge on any atom is 0.307 e. The molecule has 0 unspecified atom stereocenters. The summed E-state index contributed by atoms with van der Waals surface area (Å²) in [5.74, 6) is -1.61. The van der Waals surface area contributed by atoms with E-state index in [4.69, 9.17) is 0 Å². The highest BCUT2D eigenvalue weighted by Crippen LogP contribution is 2.32. The van der Waals surface area contributed by atoms with E-state index in [9.17, 15) is 29.4 Å². The number of H-pyrrole nitrogens is 2. The van der Waals surface area contributed by atoms with Gasteiger partial charge >= 0.3 is 11.9 Å². The maximum absolute atomic E-state index is 12.6. The summed E-state index contributed by atoms with van der Waals surface area (Å²) < 4.78 is 0. The number of nitrogens with one attached hydrogen (secondary N) is 4. The van der Waals surface area contributed by atoms with Crippen molar-refractivity contribution in [2.24, 2.45) is 11.8 Å². The predicted molar refractivity (Wildman–Crippen MR) is 181 cm³/mol. The van der Waals surface area contributed by atoms with Crippen molar-refractivity contribution >= 4 is 67.2 Å². The Morgan fingerprint density at radius 3 is 2.33 bits per heavy atom. The first-order valence-electron chi connectivity index (χ1n) is 15.1. The molecule has 0 aliphatic carbocycles. The number of allylic oxidation sites excluding steroid dienone is 1. The molecule has 2 amide bonds. The molecule has 12 heteroatoms. The van der Waals surface area contributed by atoms with Crippen LogP contribution in [0.2, 0.25) is 0 Å². The van der Waals surface area contributed by atoms with Crippen LogP contribution < -0.4 is 21.2 Å². The molecule has 0 saturated carbocycles. The smallest absolute Gasteiger partial charge is 0.307 e. The molecule has 0 spiro atoms. The molecule has 0 bridgehead atoms. The molecule has 1 fully saturated rings. The van der Waals surface area contributed by atoms with Crippen molar-refractivity contribution in [2.75, 3.05) is 5.75 Å². The van der Waals surface area contributed by atoms with E-state index in [2.05, 4.69) is 45.9 Å². The van der Waals surface area contributed by atoms with E-state index in [1.54, 1.807) is 6.08 Å². The van der Waals surface area contributed by atoms with Crippen LogP contribution in [0.15, 0.2) is 16.8 Å². The zero-order chi connectivity index (χ0) is 33.2. The average Bonchev–Trinajstić information content (AvgIpc) is 3.60. The number of aromatic amines is 2. The number of hydrogen-bond acceptors (Lipinski definition) is 6. The molecule has 2 aromatic heterocycles. The summed E-state index contributed by atoms with van der Waals surface area (Å²) in [7, 11) is 0. The lowest BCUT2D eigenvalue weighted by Crippen LogP contribution is -2.31. The van der Waals surface area contributed by atoms with Gasteiger partial charge in [0.25, 0.3) is 0 Å². The van der Waals surface area contributed by atoms with Gasteiger partial charge < -0.3 is 30.8 Å². The number of aromatic nitrogens is 2. The van der Waals surface area contributed by atoms with Gasteiger partial charge in [-0.25, -0.2) is 0 Å². The van der Waals surface area contributed by atoms with Crippen LogP contribution in [0.3, 0.4) is 0 Å². The van der Waals surface area contributed by atoms with E-state index < -0.39 is 11.9 Å². The lowest BCUT2D eigenvalue weighted by Gasteiger charge is -2.12. The van der Waals surface area contributed by atoms with Crippen molar-refractivity contribution in [2.45, 2.75) is 78.0 Å². The van der Waals surface area contributed by atoms with Gasteiger partial charge in [0.2, 0.25) is 11.8 Å². The standard InChI is InChI=1S/C33H42N4O6S2/c1-15-20(6-8-29(38)39)26(34-23(15)12-25-18(4)31(19(5)45)33(43)36-25)14-27-21(7-9-30(40)41)16(2)24(35-27)13-28-22(10-11-44)17(3)32(42)37-28/h6,13-14,17,19,22,25,34-35,44-45H,7-12H2,1-5H3,(H,36,43)(H,37,42)(H,38,39)(H,40,41)/b20-6+,26-14+,28-13-/t17-,19+,22-,25-/m1/s1. The highest BCUT2D eigenvalue weighted by molar-refractivity contribution is 7.81. The number of amides is 2. The molecular formula is C33H42N4O6S2. The molecular weight excluding hydrogens is 613 g/mol. The summed E-state index contributed by atoms with van der Waals surface area (Å²) in [6.45, 7) is 9.53. The summed E-state index contributed by atoms with van der Waals surface area (Å²) in [6.07, 6.45) is 6.70. The third-order valence-corrected chi connectivity index (χ3v) is 9.51. The van der Waals surface area contributed by atoms with Gasteiger partial charge in [-0.2, -0.15) is 25.3 Å². The highest BCUT2D eigenvalue weighted by Gasteiger charge is 2.35. The van der Waals surface area contributed by atoms with Gasteiger partial charge in [0.05, 0.1) is 12.5 Å². The summed E-state index contributed by atoms with van der Waals surface area (Å²) >= 11 is 8.85. The van der Waals surface area contributed by atoms with Gasteiger partial charge in [-0.3, -0.25) is 19.2 Å². The summed E-state index contributed by atoms with van der Waals surface area (Å²) in [6, 6.07) is -0.231. The average molecular weight is 655 g/mol. The van der Waals surface area contributed by atoms with Crippen molar-refractivity contribution in [1.82, 2.24) is 20.6 Å². The van der Waals surface area contributed by atoms with Crippen LogP contribution in [-0.2, 0) is 32.0 Å². The topological polar surface area (TPSA) is 164 Å². The molecule has 2 aliphatic rings. The Morgan fingerprint density at radius 2 is 1.73 bits per heavy atom. The monoisotopic (exact) mass is 654 g/mol. The number of aliphatic carboxylic acids is 2. The minimum absolute atomic E-state index is 0.00178. The molecule has 4 atom stereocenters. The molecule has 4 heterocycles. The van der Waals surface area contributed by atoms with E-state index in [1.807, 2.05) is 46.8 Å².